The molecule has 1 aliphatic heterocycles. The predicted molar refractivity (Wildman–Crippen MR) is 110 cm³/mol. The van der Waals surface area contributed by atoms with Crippen molar-refractivity contribution < 1.29 is 15.0 Å². The summed E-state index contributed by atoms with van der Waals surface area (Å²) in [6.07, 6.45) is 4.73. The van der Waals surface area contributed by atoms with E-state index in [2.05, 4.69) is 21.3 Å². The molecule has 2 heterocycles. The monoisotopic (exact) mass is 389 g/mol. The molecule has 0 unspecified atom stereocenters. The van der Waals surface area contributed by atoms with Gasteiger partial charge in [-0.05, 0) is 54.2 Å². The molecule has 2 aliphatic rings. The maximum Gasteiger partial charge on any atom is 0.251 e. The summed E-state index contributed by atoms with van der Waals surface area (Å²) in [5.74, 6) is -0.249. The van der Waals surface area contributed by atoms with Crippen molar-refractivity contribution in [2.75, 3.05) is 6.54 Å². The standard InChI is InChI=1S/C23H23N3O3/c27-21-10-19-15(6-8-24-20(19)11-22(21)28)13-26-9-7-17-14(12-26)2-1-3-18(17)23(29)25-16-4-5-16/h1-3,6,8,10-11,16,27-28H,4-5,7,9,12-13H2,(H,25,29). The number of carbonyl (C=O) groups excluding carboxylic acids is 1. The van der Waals surface area contributed by atoms with Gasteiger partial charge in [0.25, 0.3) is 5.91 Å². The van der Waals surface area contributed by atoms with Crippen molar-refractivity contribution in [1.82, 2.24) is 15.2 Å². The summed E-state index contributed by atoms with van der Waals surface area (Å²) in [5, 5.41) is 23.6. The number of hydrogen-bond donors (Lipinski definition) is 3. The first kappa shape index (κ1) is 17.9. The van der Waals surface area contributed by atoms with E-state index in [9.17, 15) is 15.0 Å². The number of phenols is 2. The molecule has 0 spiro atoms. The van der Waals surface area contributed by atoms with E-state index < -0.39 is 0 Å². The number of rotatable bonds is 4. The number of phenolic OH excluding ortho intramolecular Hbond substituents is 2. The van der Waals surface area contributed by atoms with Crippen LogP contribution in [0.2, 0.25) is 0 Å². The smallest absolute Gasteiger partial charge is 0.251 e. The van der Waals surface area contributed by atoms with Gasteiger partial charge in [0, 0.05) is 48.9 Å². The fourth-order valence-corrected chi connectivity index (χ4v) is 4.11. The van der Waals surface area contributed by atoms with E-state index in [-0.39, 0.29) is 17.4 Å². The Hall–Kier alpha value is -3.12. The van der Waals surface area contributed by atoms with Gasteiger partial charge in [-0.15, -0.1) is 0 Å². The largest absolute Gasteiger partial charge is 0.504 e. The van der Waals surface area contributed by atoms with E-state index in [1.807, 2.05) is 18.2 Å². The minimum Gasteiger partial charge on any atom is -0.504 e. The zero-order valence-electron chi connectivity index (χ0n) is 16.1. The Morgan fingerprint density at radius 2 is 2.00 bits per heavy atom. The number of benzene rings is 2. The summed E-state index contributed by atoms with van der Waals surface area (Å²) in [5.41, 5.74) is 4.87. The Balaban J connectivity index is 1.39. The lowest BCUT2D eigenvalue weighted by Crippen LogP contribution is -2.33. The Kier molecular flexibility index (Phi) is 4.36. The molecular weight excluding hydrogens is 366 g/mol. The van der Waals surface area contributed by atoms with Crippen molar-refractivity contribution in [3.63, 3.8) is 0 Å². The summed E-state index contributed by atoms with van der Waals surface area (Å²) < 4.78 is 0. The van der Waals surface area contributed by atoms with Crippen molar-refractivity contribution in [3.05, 3.63) is 64.8 Å². The van der Waals surface area contributed by atoms with E-state index in [1.165, 1.54) is 11.6 Å². The second-order valence-electron chi connectivity index (χ2n) is 7.98. The molecule has 1 aromatic heterocycles. The van der Waals surface area contributed by atoms with Crippen LogP contribution in [0.1, 0.15) is 39.9 Å². The quantitative estimate of drug-likeness (QED) is 0.597. The van der Waals surface area contributed by atoms with E-state index in [1.54, 1.807) is 12.3 Å². The normalized spacial score (nSPS) is 16.6. The summed E-state index contributed by atoms with van der Waals surface area (Å²) in [7, 11) is 0. The Bertz CT molecular complexity index is 1110. The summed E-state index contributed by atoms with van der Waals surface area (Å²) in [6, 6.07) is 11.4. The molecular formula is C23H23N3O3. The first-order chi connectivity index (χ1) is 14.1. The van der Waals surface area contributed by atoms with Gasteiger partial charge in [-0.25, -0.2) is 0 Å². The minimum atomic E-state index is -0.161. The minimum absolute atomic E-state index is 0.0493. The molecule has 148 valence electrons. The van der Waals surface area contributed by atoms with Crippen molar-refractivity contribution >= 4 is 16.8 Å². The molecule has 1 amide bonds. The summed E-state index contributed by atoms with van der Waals surface area (Å²) in [4.78, 5) is 19.2. The Morgan fingerprint density at radius 1 is 1.17 bits per heavy atom. The van der Waals surface area contributed by atoms with Gasteiger partial charge in [0.2, 0.25) is 0 Å². The third kappa shape index (κ3) is 3.51. The van der Waals surface area contributed by atoms with Crippen LogP contribution in [-0.2, 0) is 19.5 Å². The fraction of sp³-hybridized carbons (Fsp3) is 0.304. The average Bonchev–Trinajstić information content (AvgIpc) is 3.53. The molecule has 5 rings (SSSR count). The average molecular weight is 389 g/mol. The Morgan fingerprint density at radius 3 is 2.83 bits per heavy atom. The lowest BCUT2D eigenvalue weighted by atomic mass is 9.93. The molecule has 6 heteroatoms. The molecule has 3 aromatic rings. The molecule has 1 saturated carbocycles. The number of pyridine rings is 1. The van der Waals surface area contributed by atoms with E-state index in [4.69, 9.17) is 0 Å². The number of aromatic nitrogens is 1. The molecule has 1 aliphatic carbocycles. The van der Waals surface area contributed by atoms with Gasteiger partial charge >= 0.3 is 0 Å². The lowest BCUT2D eigenvalue weighted by molar-refractivity contribution is 0.0949. The van der Waals surface area contributed by atoms with Crippen LogP contribution in [0.15, 0.2) is 42.6 Å². The number of amides is 1. The topological polar surface area (TPSA) is 85.7 Å². The van der Waals surface area contributed by atoms with Gasteiger partial charge in [0.05, 0.1) is 5.52 Å². The zero-order chi connectivity index (χ0) is 20.0. The van der Waals surface area contributed by atoms with Gasteiger partial charge in [-0.1, -0.05) is 12.1 Å². The molecule has 0 radical (unpaired) electrons. The van der Waals surface area contributed by atoms with Crippen LogP contribution in [0.5, 0.6) is 11.5 Å². The molecule has 29 heavy (non-hydrogen) atoms. The SMILES string of the molecule is O=C(NC1CC1)c1cccc2c1CCN(Cc1ccnc3cc(O)c(O)cc13)C2. The maximum atomic E-state index is 12.6. The van der Waals surface area contributed by atoms with Crippen LogP contribution in [0.4, 0.5) is 0 Å². The van der Waals surface area contributed by atoms with Gasteiger partial charge in [0.15, 0.2) is 11.5 Å². The van der Waals surface area contributed by atoms with E-state index >= 15 is 0 Å². The van der Waals surface area contributed by atoms with Crippen LogP contribution in [0.25, 0.3) is 10.9 Å². The van der Waals surface area contributed by atoms with Gasteiger partial charge in [0.1, 0.15) is 0 Å². The first-order valence-corrected chi connectivity index (χ1v) is 10.0. The van der Waals surface area contributed by atoms with Gasteiger partial charge in [-0.2, -0.15) is 0 Å². The molecule has 1 fully saturated rings. The number of aromatic hydroxyl groups is 2. The van der Waals surface area contributed by atoms with Crippen molar-refractivity contribution in [2.24, 2.45) is 0 Å². The number of nitrogens with one attached hydrogen (secondary N) is 1. The Labute approximate surface area is 168 Å². The third-order valence-corrected chi connectivity index (χ3v) is 5.82. The molecule has 0 saturated heterocycles. The number of hydrogen-bond acceptors (Lipinski definition) is 5. The number of fused-ring (bicyclic) bond motifs is 2. The van der Waals surface area contributed by atoms with E-state index in [0.717, 1.165) is 54.4 Å². The van der Waals surface area contributed by atoms with Crippen LogP contribution in [-0.4, -0.2) is 38.6 Å². The second-order valence-corrected chi connectivity index (χ2v) is 7.98. The van der Waals surface area contributed by atoms with Crippen LogP contribution < -0.4 is 5.32 Å². The highest BCUT2D eigenvalue weighted by Crippen LogP contribution is 2.32. The fourth-order valence-electron chi connectivity index (χ4n) is 4.11. The van der Waals surface area contributed by atoms with Crippen LogP contribution >= 0.6 is 0 Å². The van der Waals surface area contributed by atoms with E-state index in [0.29, 0.717) is 18.1 Å². The maximum absolute atomic E-state index is 12.6. The summed E-state index contributed by atoms with van der Waals surface area (Å²) in [6.45, 7) is 2.34. The van der Waals surface area contributed by atoms with Crippen molar-refractivity contribution in [2.45, 2.75) is 38.4 Å². The molecule has 6 nitrogen and oxygen atoms in total. The molecule has 2 aromatic carbocycles. The summed E-state index contributed by atoms with van der Waals surface area (Å²) >= 11 is 0. The van der Waals surface area contributed by atoms with Gasteiger partial charge < -0.3 is 15.5 Å². The number of nitrogens with zero attached hydrogens (tertiary/aromatic N) is 2. The zero-order valence-corrected chi connectivity index (χ0v) is 16.1. The highest BCUT2D eigenvalue weighted by atomic mass is 16.3. The third-order valence-electron chi connectivity index (χ3n) is 5.82. The molecule has 0 bridgehead atoms. The molecule has 3 N–H and O–H groups in total. The lowest BCUT2D eigenvalue weighted by Gasteiger charge is -2.30. The van der Waals surface area contributed by atoms with Crippen molar-refractivity contribution in [3.8, 4) is 11.5 Å². The first-order valence-electron chi connectivity index (χ1n) is 10.0. The van der Waals surface area contributed by atoms with Crippen molar-refractivity contribution in [1.29, 1.82) is 0 Å². The predicted octanol–water partition coefficient (Wildman–Crippen LogP) is 3.10. The number of carbonyl (C=O) groups is 1. The van der Waals surface area contributed by atoms with Crippen LogP contribution in [0.3, 0.4) is 0 Å². The highest BCUT2D eigenvalue weighted by molar-refractivity contribution is 5.96. The highest BCUT2D eigenvalue weighted by Gasteiger charge is 2.27. The van der Waals surface area contributed by atoms with Crippen LogP contribution in [0, 0.1) is 0 Å². The molecule has 0 atom stereocenters. The second kappa shape index (κ2) is 7.04. The van der Waals surface area contributed by atoms with Gasteiger partial charge in [-0.3, -0.25) is 14.7 Å².